The predicted molar refractivity (Wildman–Crippen MR) is 86.0 cm³/mol. The van der Waals surface area contributed by atoms with Gasteiger partial charge in [-0.3, -0.25) is 4.79 Å². The maximum absolute atomic E-state index is 12.5. The molecule has 1 aromatic carbocycles. The van der Waals surface area contributed by atoms with E-state index in [2.05, 4.69) is 11.4 Å². The van der Waals surface area contributed by atoms with Gasteiger partial charge in [0.25, 0.3) is 0 Å². The number of rotatable bonds is 4. The fourth-order valence-electron chi connectivity index (χ4n) is 2.88. The van der Waals surface area contributed by atoms with E-state index in [-0.39, 0.29) is 11.7 Å². The molecule has 2 heterocycles. The van der Waals surface area contributed by atoms with Crippen molar-refractivity contribution in [3.8, 4) is 5.75 Å². The van der Waals surface area contributed by atoms with Crippen molar-refractivity contribution in [3.63, 3.8) is 0 Å². The van der Waals surface area contributed by atoms with Gasteiger partial charge in [0.1, 0.15) is 5.75 Å². The summed E-state index contributed by atoms with van der Waals surface area (Å²) in [5, 5.41) is 12.1. The van der Waals surface area contributed by atoms with Crippen LogP contribution in [0.4, 0.5) is 5.69 Å². The topological polar surface area (TPSA) is 40.5 Å². The number of nitrogens with zero attached hydrogens (tertiary/aromatic N) is 1. The van der Waals surface area contributed by atoms with Crippen LogP contribution in [0.5, 0.6) is 5.75 Å². The fourth-order valence-corrected chi connectivity index (χ4v) is 3.63. The number of hydrogen-bond donors (Lipinski definition) is 1. The molecule has 0 saturated heterocycles. The second-order valence-corrected chi connectivity index (χ2v) is 6.40. The number of fused-ring (bicyclic) bond motifs is 1. The Bertz CT molecular complexity index is 622. The van der Waals surface area contributed by atoms with Gasteiger partial charge in [0.15, 0.2) is 0 Å². The molecular weight excluding hydrogens is 282 g/mol. The number of benzene rings is 1. The second-order valence-electron chi connectivity index (χ2n) is 5.37. The van der Waals surface area contributed by atoms with E-state index in [0.717, 1.165) is 36.9 Å². The van der Waals surface area contributed by atoms with Crippen molar-refractivity contribution >= 4 is 22.9 Å². The van der Waals surface area contributed by atoms with Crippen LogP contribution in [0.1, 0.15) is 29.7 Å². The van der Waals surface area contributed by atoms with Crippen molar-refractivity contribution < 1.29 is 9.90 Å². The average molecular weight is 301 g/mol. The van der Waals surface area contributed by atoms with E-state index < -0.39 is 0 Å². The molecular formula is C17H19NO2S. The number of aryl methyl sites for hydroxylation is 2. The molecule has 0 atom stereocenters. The van der Waals surface area contributed by atoms with Crippen molar-refractivity contribution in [1.82, 2.24) is 0 Å². The SMILES string of the molecule is O=C(CCCc1cccs1)N1CCCc2cccc(O)c21. The van der Waals surface area contributed by atoms with Crippen molar-refractivity contribution in [2.45, 2.75) is 32.1 Å². The zero-order valence-electron chi connectivity index (χ0n) is 11.9. The van der Waals surface area contributed by atoms with Crippen LogP contribution in [0.25, 0.3) is 0 Å². The van der Waals surface area contributed by atoms with Gasteiger partial charge in [0, 0.05) is 17.8 Å². The van der Waals surface area contributed by atoms with E-state index in [4.69, 9.17) is 0 Å². The van der Waals surface area contributed by atoms with Gasteiger partial charge in [-0.25, -0.2) is 0 Å². The van der Waals surface area contributed by atoms with E-state index in [1.807, 2.05) is 18.2 Å². The Morgan fingerprint density at radius 2 is 2.19 bits per heavy atom. The largest absolute Gasteiger partial charge is 0.506 e. The maximum atomic E-state index is 12.5. The van der Waals surface area contributed by atoms with Gasteiger partial charge in [-0.05, 0) is 48.8 Å². The molecule has 2 aromatic rings. The summed E-state index contributed by atoms with van der Waals surface area (Å²) in [6, 6.07) is 9.66. The molecule has 3 nitrogen and oxygen atoms in total. The highest BCUT2D eigenvalue weighted by atomic mass is 32.1. The molecule has 21 heavy (non-hydrogen) atoms. The molecule has 0 bridgehead atoms. The van der Waals surface area contributed by atoms with Gasteiger partial charge < -0.3 is 10.0 Å². The average Bonchev–Trinajstić information content (AvgIpc) is 3.00. The summed E-state index contributed by atoms with van der Waals surface area (Å²) < 4.78 is 0. The minimum atomic E-state index is 0.119. The molecule has 1 aromatic heterocycles. The Morgan fingerprint density at radius 3 is 3.00 bits per heavy atom. The normalized spacial score (nSPS) is 14.0. The zero-order chi connectivity index (χ0) is 14.7. The van der Waals surface area contributed by atoms with Crippen molar-refractivity contribution in [2.75, 3.05) is 11.4 Å². The first-order chi connectivity index (χ1) is 10.3. The number of hydrogen-bond acceptors (Lipinski definition) is 3. The van der Waals surface area contributed by atoms with E-state index in [1.54, 1.807) is 22.3 Å². The number of aromatic hydroxyl groups is 1. The van der Waals surface area contributed by atoms with Crippen molar-refractivity contribution in [1.29, 1.82) is 0 Å². The summed E-state index contributed by atoms with van der Waals surface area (Å²) >= 11 is 1.74. The van der Waals surface area contributed by atoms with Gasteiger partial charge in [-0.1, -0.05) is 18.2 Å². The highest BCUT2D eigenvalue weighted by molar-refractivity contribution is 7.09. The number of carbonyl (C=O) groups is 1. The summed E-state index contributed by atoms with van der Waals surface area (Å²) in [6.45, 7) is 0.711. The minimum absolute atomic E-state index is 0.119. The molecule has 0 fully saturated rings. The number of phenols is 1. The van der Waals surface area contributed by atoms with Crippen molar-refractivity contribution in [2.24, 2.45) is 0 Å². The van der Waals surface area contributed by atoms with Crippen LogP contribution in [0.3, 0.4) is 0 Å². The van der Waals surface area contributed by atoms with E-state index in [0.29, 0.717) is 13.0 Å². The lowest BCUT2D eigenvalue weighted by molar-refractivity contribution is -0.118. The molecule has 110 valence electrons. The molecule has 0 saturated carbocycles. The van der Waals surface area contributed by atoms with Crippen LogP contribution in [0.15, 0.2) is 35.7 Å². The number of thiophene rings is 1. The quantitative estimate of drug-likeness (QED) is 0.934. The first-order valence-electron chi connectivity index (χ1n) is 7.39. The summed E-state index contributed by atoms with van der Waals surface area (Å²) in [5.41, 5.74) is 1.80. The van der Waals surface area contributed by atoms with Crippen LogP contribution in [0, 0.1) is 0 Å². The lowest BCUT2D eigenvalue weighted by Gasteiger charge is -2.30. The summed E-state index contributed by atoms with van der Waals surface area (Å²) in [5.74, 6) is 0.341. The van der Waals surface area contributed by atoms with Crippen LogP contribution in [-0.4, -0.2) is 17.6 Å². The van der Waals surface area contributed by atoms with Crippen LogP contribution in [-0.2, 0) is 17.6 Å². The van der Waals surface area contributed by atoms with Crippen LogP contribution >= 0.6 is 11.3 Å². The standard InChI is InChI=1S/C17H19NO2S/c19-15-9-1-5-13-6-3-11-18(17(13)15)16(20)10-2-7-14-8-4-12-21-14/h1,4-5,8-9,12,19H,2-3,6-7,10-11H2. The Balaban J connectivity index is 1.66. The van der Waals surface area contributed by atoms with Gasteiger partial charge >= 0.3 is 0 Å². The minimum Gasteiger partial charge on any atom is -0.506 e. The molecule has 4 heteroatoms. The summed E-state index contributed by atoms with van der Waals surface area (Å²) in [4.78, 5) is 15.6. The lowest BCUT2D eigenvalue weighted by Crippen LogP contribution is -2.35. The van der Waals surface area contributed by atoms with E-state index >= 15 is 0 Å². The van der Waals surface area contributed by atoms with Gasteiger partial charge in [0.2, 0.25) is 5.91 Å². The monoisotopic (exact) mass is 301 g/mol. The maximum Gasteiger partial charge on any atom is 0.227 e. The molecule has 1 amide bonds. The predicted octanol–water partition coefficient (Wildman–Crippen LogP) is 3.76. The van der Waals surface area contributed by atoms with Gasteiger partial charge in [0.05, 0.1) is 5.69 Å². The number of carbonyl (C=O) groups excluding carboxylic acids is 1. The Labute approximate surface area is 128 Å². The number of para-hydroxylation sites is 1. The molecule has 1 aliphatic rings. The third-order valence-corrected chi connectivity index (χ3v) is 4.83. The highest BCUT2D eigenvalue weighted by Crippen LogP contribution is 2.35. The van der Waals surface area contributed by atoms with Crippen LogP contribution < -0.4 is 4.90 Å². The number of anilines is 1. The number of amides is 1. The highest BCUT2D eigenvalue weighted by Gasteiger charge is 2.24. The smallest absolute Gasteiger partial charge is 0.227 e. The lowest BCUT2D eigenvalue weighted by atomic mass is 10.0. The fraction of sp³-hybridized carbons (Fsp3) is 0.353. The van der Waals surface area contributed by atoms with E-state index in [9.17, 15) is 9.90 Å². The first kappa shape index (κ1) is 14.1. The van der Waals surface area contributed by atoms with Gasteiger partial charge in [-0.2, -0.15) is 0 Å². The zero-order valence-corrected chi connectivity index (χ0v) is 12.7. The Kier molecular flexibility index (Phi) is 4.25. The third-order valence-electron chi connectivity index (χ3n) is 3.89. The molecule has 0 radical (unpaired) electrons. The Hall–Kier alpha value is -1.81. The first-order valence-corrected chi connectivity index (χ1v) is 8.27. The second kappa shape index (κ2) is 6.31. The van der Waals surface area contributed by atoms with Crippen LogP contribution in [0.2, 0.25) is 0 Å². The third kappa shape index (κ3) is 3.10. The molecule has 0 aliphatic carbocycles. The molecule has 0 spiro atoms. The van der Waals surface area contributed by atoms with Gasteiger partial charge in [-0.15, -0.1) is 11.3 Å². The number of phenolic OH excluding ortho intramolecular Hbond substituents is 1. The Morgan fingerprint density at radius 1 is 1.29 bits per heavy atom. The molecule has 1 aliphatic heterocycles. The summed E-state index contributed by atoms with van der Waals surface area (Å²) in [7, 11) is 0. The molecule has 3 rings (SSSR count). The van der Waals surface area contributed by atoms with Crippen molar-refractivity contribution in [3.05, 3.63) is 46.2 Å². The molecule has 0 unspecified atom stereocenters. The van der Waals surface area contributed by atoms with E-state index in [1.165, 1.54) is 4.88 Å². The molecule has 1 N–H and O–H groups in total. The summed E-state index contributed by atoms with van der Waals surface area (Å²) in [6.07, 6.45) is 4.24.